The highest BCUT2D eigenvalue weighted by Gasteiger charge is 2.44. The zero-order chi connectivity index (χ0) is 24.8. The maximum atomic E-state index is 13.6. The van der Waals surface area contributed by atoms with Crippen LogP contribution in [0.2, 0.25) is 10.0 Å². The SMILES string of the molecule is CCOC(=O)c1[nH]c2cc(Cl)cc3c2c1C(C(=O)NC(C)(C)C)N(C=O)[C@@H]3c1ccc(Cl)cc1. The van der Waals surface area contributed by atoms with E-state index in [9.17, 15) is 14.4 Å². The van der Waals surface area contributed by atoms with E-state index in [0.717, 1.165) is 5.56 Å². The van der Waals surface area contributed by atoms with Crippen LogP contribution in [-0.2, 0) is 14.3 Å². The predicted octanol–water partition coefficient (Wildman–Crippen LogP) is 5.17. The second kappa shape index (κ2) is 8.96. The Bertz CT molecular complexity index is 1280. The highest BCUT2D eigenvalue weighted by molar-refractivity contribution is 6.31. The summed E-state index contributed by atoms with van der Waals surface area (Å²) in [6.45, 7) is 7.41. The van der Waals surface area contributed by atoms with Gasteiger partial charge in [0.2, 0.25) is 12.3 Å². The summed E-state index contributed by atoms with van der Waals surface area (Å²) < 4.78 is 5.26. The Hall–Kier alpha value is -3.03. The molecule has 9 heteroatoms. The number of halogens is 2. The van der Waals surface area contributed by atoms with Crippen molar-refractivity contribution in [2.24, 2.45) is 0 Å². The summed E-state index contributed by atoms with van der Waals surface area (Å²) in [5.74, 6) is -1.02. The van der Waals surface area contributed by atoms with Crippen LogP contribution in [0.1, 0.15) is 67.0 Å². The minimum atomic E-state index is -1.08. The first-order valence-corrected chi connectivity index (χ1v) is 11.6. The van der Waals surface area contributed by atoms with Crippen LogP contribution in [0.5, 0.6) is 0 Å². The van der Waals surface area contributed by atoms with E-state index in [1.54, 1.807) is 43.3 Å². The first-order chi connectivity index (χ1) is 16.1. The molecule has 34 heavy (non-hydrogen) atoms. The molecule has 1 aliphatic rings. The Labute approximate surface area is 207 Å². The monoisotopic (exact) mass is 501 g/mol. The van der Waals surface area contributed by atoms with E-state index in [4.69, 9.17) is 27.9 Å². The number of nitrogens with one attached hydrogen (secondary N) is 2. The van der Waals surface area contributed by atoms with Crippen molar-refractivity contribution in [2.75, 3.05) is 6.61 Å². The summed E-state index contributed by atoms with van der Waals surface area (Å²) in [5.41, 5.74) is 1.96. The van der Waals surface area contributed by atoms with Crippen LogP contribution in [0, 0.1) is 0 Å². The number of aromatic amines is 1. The second-order valence-electron chi connectivity index (χ2n) is 9.20. The molecule has 0 radical (unpaired) electrons. The number of hydrogen-bond acceptors (Lipinski definition) is 4. The average molecular weight is 502 g/mol. The topological polar surface area (TPSA) is 91.5 Å². The van der Waals surface area contributed by atoms with E-state index in [1.165, 1.54) is 4.90 Å². The third kappa shape index (κ3) is 4.26. The number of esters is 1. The number of rotatable bonds is 5. The summed E-state index contributed by atoms with van der Waals surface area (Å²) >= 11 is 12.5. The Morgan fingerprint density at radius 2 is 1.82 bits per heavy atom. The van der Waals surface area contributed by atoms with E-state index >= 15 is 0 Å². The number of ether oxygens (including phenoxy) is 1. The van der Waals surface area contributed by atoms with E-state index in [0.29, 0.717) is 38.5 Å². The van der Waals surface area contributed by atoms with E-state index in [2.05, 4.69) is 10.3 Å². The second-order valence-corrected chi connectivity index (χ2v) is 10.1. The normalized spacial score (nSPS) is 17.5. The van der Waals surface area contributed by atoms with Gasteiger partial charge in [-0.3, -0.25) is 9.59 Å². The lowest BCUT2D eigenvalue weighted by atomic mass is 9.84. The number of H-pyrrole nitrogens is 1. The molecule has 1 unspecified atom stereocenters. The molecule has 178 valence electrons. The summed E-state index contributed by atoms with van der Waals surface area (Å²) in [4.78, 5) is 43.6. The highest BCUT2D eigenvalue weighted by Crippen LogP contribution is 2.48. The third-order valence-corrected chi connectivity index (χ3v) is 6.10. The van der Waals surface area contributed by atoms with Crippen molar-refractivity contribution >= 4 is 52.4 Å². The van der Waals surface area contributed by atoms with Crippen molar-refractivity contribution in [3.63, 3.8) is 0 Å². The summed E-state index contributed by atoms with van der Waals surface area (Å²) in [7, 11) is 0. The van der Waals surface area contributed by atoms with E-state index in [1.807, 2.05) is 20.8 Å². The minimum absolute atomic E-state index is 0.121. The quantitative estimate of drug-likeness (QED) is 0.372. The Kier molecular flexibility index (Phi) is 6.36. The number of nitrogens with zero attached hydrogens (tertiary/aromatic N) is 1. The lowest BCUT2D eigenvalue weighted by molar-refractivity contribution is -0.136. The molecule has 1 aliphatic heterocycles. The van der Waals surface area contributed by atoms with Crippen LogP contribution in [-0.4, -0.2) is 40.3 Å². The fourth-order valence-electron chi connectivity index (χ4n) is 4.49. The molecule has 4 rings (SSSR count). The maximum absolute atomic E-state index is 13.6. The van der Waals surface area contributed by atoms with E-state index < -0.39 is 29.5 Å². The number of carbonyl (C=O) groups excluding carboxylic acids is 3. The number of hydrogen-bond donors (Lipinski definition) is 2. The first kappa shape index (κ1) is 24.1. The molecule has 0 spiro atoms. The highest BCUT2D eigenvalue weighted by atomic mass is 35.5. The largest absolute Gasteiger partial charge is 0.461 e. The molecule has 2 N–H and O–H groups in total. The fourth-order valence-corrected chi connectivity index (χ4v) is 4.84. The number of carbonyl (C=O) groups is 3. The zero-order valence-electron chi connectivity index (χ0n) is 19.2. The van der Waals surface area contributed by atoms with Gasteiger partial charge in [-0.15, -0.1) is 0 Å². The zero-order valence-corrected chi connectivity index (χ0v) is 20.8. The van der Waals surface area contributed by atoms with Gasteiger partial charge in [0.05, 0.1) is 12.6 Å². The van der Waals surface area contributed by atoms with Crippen molar-refractivity contribution < 1.29 is 19.1 Å². The van der Waals surface area contributed by atoms with Gasteiger partial charge in [-0.25, -0.2) is 4.79 Å². The number of benzene rings is 2. The molecule has 0 saturated carbocycles. The summed E-state index contributed by atoms with van der Waals surface area (Å²) in [5, 5.41) is 4.59. The van der Waals surface area contributed by atoms with Crippen molar-refractivity contribution in [1.29, 1.82) is 0 Å². The number of aromatic nitrogens is 1. The van der Waals surface area contributed by atoms with Gasteiger partial charge in [-0.2, -0.15) is 0 Å². The van der Waals surface area contributed by atoms with Gasteiger partial charge in [0.1, 0.15) is 11.7 Å². The van der Waals surface area contributed by atoms with Gasteiger partial charge in [-0.05, 0) is 63.1 Å². The Morgan fingerprint density at radius 1 is 1.15 bits per heavy atom. The molecule has 2 aromatic carbocycles. The van der Waals surface area contributed by atoms with Gasteiger partial charge in [0.15, 0.2) is 0 Å². The van der Waals surface area contributed by atoms with Gasteiger partial charge < -0.3 is 19.9 Å². The van der Waals surface area contributed by atoms with Crippen LogP contribution < -0.4 is 5.32 Å². The van der Waals surface area contributed by atoms with Gasteiger partial charge >= 0.3 is 5.97 Å². The van der Waals surface area contributed by atoms with Crippen molar-refractivity contribution in [2.45, 2.75) is 45.3 Å². The molecule has 7 nitrogen and oxygen atoms in total. The van der Waals surface area contributed by atoms with Crippen LogP contribution in [0.15, 0.2) is 36.4 Å². The molecular weight excluding hydrogens is 477 g/mol. The molecular formula is C25H25Cl2N3O4. The molecule has 1 aromatic heterocycles. The third-order valence-electron chi connectivity index (χ3n) is 5.63. The van der Waals surface area contributed by atoms with Crippen LogP contribution in [0.3, 0.4) is 0 Å². The molecule has 0 aliphatic carbocycles. The molecule has 2 atom stereocenters. The van der Waals surface area contributed by atoms with Crippen LogP contribution in [0.25, 0.3) is 10.9 Å². The van der Waals surface area contributed by atoms with Gasteiger partial charge in [0, 0.05) is 32.1 Å². The van der Waals surface area contributed by atoms with E-state index in [-0.39, 0.29) is 12.3 Å². The lowest BCUT2D eigenvalue weighted by Crippen LogP contribution is -2.49. The standard InChI is InChI=1S/C25H25Cl2N3O4/c1-5-34-24(33)20-19-18-16(10-15(27)11-17(18)28-20)21(13-6-8-14(26)9-7-13)30(12-31)22(19)23(32)29-25(2,3)4/h6-12,21-22,28H,5H2,1-4H3,(H,29,32)/t21-,22?/m1/s1. The number of amides is 2. The van der Waals surface area contributed by atoms with Crippen molar-refractivity contribution in [3.8, 4) is 0 Å². The lowest BCUT2D eigenvalue weighted by Gasteiger charge is -2.40. The average Bonchev–Trinajstić information content (AvgIpc) is 3.12. The predicted molar refractivity (Wildman–Crippen MR) is 131 cm³/mol. The van der Waals surface area contributed by atoms with Crippen LogP contribution >= 0.6 is 23.2 Å². The van der Waals surface area contributed by atoms with Crippen molar-refractivity contribution in [3.05, 3.63) is 68.8 Å². The van der Waals surface area contributed by atoms with Crippen molar-refractivity contribution in [1.82, 2.24) is 15.2 Å². The molecule has 0 fully saturated rings. The molecule has 2 heterocycles. The van der Waals surface area contributed by atoms with Crippen LogP contribution in [0.4, 0.5) is 0 Å². The summed E-state index contributed by atoms with van der Waals surface area (Å²) in [6, 6.07) is 8.79. The molecule has 0 bridgehead atoms. The molecule has 3 aromatic rings. The fraction of sp³-hybridized carbons (Fsp3) is 0.320. The van der Waals surface area contributed by atoms with Gasteiger partial charge in [0.25, 0.3) is 0 Å². The molecule has 0 saturated heterocycles. The Morgan fingerprint density at radius 3 is 2.41 bits per heavy atom. The minimum Gasteiger partial charge on any atom is -0.461 e. The van der Waals surface area contributed by atoms with Gasteiger partial charge in [-0.1, -0.05) is 35.3 Å². The smallest absolute Gasteiger partial charge is 0.355 e. The summed E-state index contributed by atoms with van der Waals surface area (Å²) in [6.07, 6.45) is 0.629. The molecule has 2 amide bonds. The Balaban J connectivity index is 2.06. The first-order valence-electron chi connectivity index (χ1n) is 10.9. The maximum Gasteiger partial charge on any atom is 0.355 e.